The summed E-state index contributed by atoms with van der Waals surface area (Å²) in [6.07, 6.45) is 4.26. The van der Waals surface area contributed by atoms with Crippen LogP contribution in [0.3, 0.4) is 0 Å². The number of carbonyl (C=O) groups is 3. The fourth-order valence-electron chi connectivity index (χ4n) is 3.93. The number of rotatable bonds is 6. The molecule has 0 radical (unpaired) electrons. The first-order valence-corrected chi connectivity index (χ1v) is 10.1. The second kappa shape index (κ2) is 8.57. The summed E-state index contributed by atoms with van der Waals surface area (Å²) < 4.78 is 11.4. The fourth-order valence-corrected chi connectivity index (χ4v) is 3.93. The third-order valence-corrected chi connectivity index (χ3v) is 5.49. The number of benzene rings is 2. The van der Waals surface area contributed by atoms with Crippen molar-refractivity contribution in [3.8, 4) is 11.5 Å². The van der Waals surface area contributed by atoms with E-state index in [9.17, 15) is 14.4 Å². The number of ether oxygens (including phenoxy) is 2. The van der Waals surface area contributed by atoms with Gasteiger partial charge in [0, 0.05) is 5.56 Å². The Hall–Kier alpha value is -3.35. The fraction of sp³-hybridized carbons (Fsp3) is 0.348. The van der Waals surface area contributed by atoms with Gasteiger partial charge in [0.25, 0.3) is 11.8 Å². The number of amides is 3. The molecule has 30 heavy (non-hydrogen) atoms. The minimum atomic E-state index is -0.897. The largest absolute Gasteiger partial charge is 0.493 e. The molecule has 2 fully saturated rings. The van der Waals surface area contributed by atoms with Gasteiger partial charge in [0.1, 0.15) is 6.04 Å². The lowest BCUT2D eigenvalue weighted by molar-refractivity contribution is -0.121. The average molecular weight is 408 g/mol. The molecule has 0 bridgehead atoms. The molecule has 1 saturated heterocycles. The molecular formula is C23H24N2O5. The van der Waals surface area contributed by atoms with Crippen LogP contribution < -0.4 is 19.7 Å². The van der Waals surface area contributed by atoms with E-state index in [0.29, 0.717) is 22.7 Å². The number of nitrogens with one attached hydrogen (secondary N) is 1. The second-order valence-electron chi connectivity index (χ2n) is 7.52. The second-order valence-corrected chi connectivity index (χ2v) is 7.52. The molecule has 0 aromatic heterocycles. The molecule has 7 nitrogen and oxygen atoms in total. The van der Waals surface area contributed by atoms with E-state index in [-0.39, 0.29) is 18.4 Å². The van der Waals surface area contributed by atoms with Crippen LogP contribution in [0.1, 0.15) is 42.5 Å². The Balaban J connectivity index is 1.48. The number of anilines is 1. The maximum absolute atomic E-state index is 12.8. The molecular weight excluding hydrogens is 384 g/mol. The summed E-state index contributed by atoms with van der Waals surface area (Å²) in [5.74, 6) is -0.139. The van der Waals surface area contributed by atoms with Crippen molar-refractivity contribution in [3.63, 3.8) is 0 Å². The Morgan fingerprint density at radius 3 is 2.47 bits per heavy atom. The Labute approximate surface area is 175 Å². The molecule has 1 aliphatic heterocycles. The monoisotopic (exact) mass is 408 g/mol. The van der Waals surface area contributed by atoms with Gasteiger partial charge in [-0.05, 0) is 56.0 Å². The minimum absolute atomic E-state index is 0.0684. The van der Waals surface area contributed by atoms with Crippen molar-refractivity contribution in [2.24, 2.45) is 0 Å². The molecule has 1 unspecified atom stereocenters. The van der Waals surface area contributed by atoms with Gasteiger partial charge in [-0.25, -0.2) is 4.90 Å². The first-order chi connectivity index (χ1) is 14.6. The van der Waals surface area contributed by atoms with Gasteiger partial charge in [-0.15, -0.1) is 0 Å². The van der Waals surface area contributed by atoms with Crippen molar-refractivity contribution >= 4 is 23.4 Å². The van der Waals surface area contributed by atoms with Crippen molar-refractivity contribution < 1.29 is 23.9 Å². The van der Waals surface area contributed by atoms with Gasteiger partial charge in [0.2, 0.25) is 5.91 Å². The molecule has 3 amide bonds. The molecule has 1 atom stereocenters. The van der Waals surface area contributed by atoms with E-state index < -0.39 is 17.9 Å². The number of carbonyl (C=O) groups excluding carboxylic acids is 3. The van der Waals surface area contributed by atoms with E-state index in [2.05, 4.69) is 5.32 Å². The van der Waals surface area contributed by atoms with Crippen LogP contribution in [0, 0.1) is 0 Å². The highest BCUT2D eigenvalue weighted by Gasteiger charge is 2.40. The predicted octanol–water partition coefficient (Wildman–Crippen LogP) is 3.08. The Bertz CT molecular complexity index is 953. The lowest BCUT2D eigenvalue weighted by Crippen LogP contribution is -2.41. The molecule has 7 heteroatoms. The summed E-state index contributed by atoms with van der Waals surface area (Å²) in [5, 5.41) is 2.69. The third kappa shape index (κ3) is 4.01. The number of hydrogen-bond donors (Lipinski definition) is 1. The maximum Gasteiger partial charge on any atom is 0.256 e. The molecule has 0 spiro atoms. The van der Waals surface area contributed by atoms with Gasteiger partial charge in [-0.3, -0.25) is 14.4 Å². The molecule has 1 aliphatic carbocycles. The van der Waals surface area contributed by atoms with Gasteiger partial charge in [0.15, 0.2) is 11.5 Å². The summed E-state index contributed by atoms with van der Waals surface area (Å²) in [7, 11) is 1.55. The van der Waals surface area contributed by atoms with Crippen LogP contribution in [0.2, 0.25) is 0 Å². The van der Waals surface area contributed by atoms with Crippen molar-refractivity contribution in [1.82, 2.24) is 5.32 Å². The highest BCUT2D eigenvalue weighted by Crippen LogP contribution is 2.32. The van der Waals surface area contributed by atoms with Crippen LogP contribution in [0.15, 0.2) is 48.5 Å². The standard InChI is InChI=1S/C23H24N2O5/c1-29-19-12-11-15(13-20(19)30-17-9-5-6-10-17)22(27)24-18-14-21(26)25(23(18)28)16-7-3-2-4-8-16/h2-4,7-8,11-13,17-18H,5-6,9-10,14H2,1H3,(H,24,27). The van der Waals surface area contributed by atoms with Crippen LogP contribution in [-0.2, 0) is 9.59 Å². The number of imide groups is 1. The lowest BCUT2D eigenvalue weighted by atomic mass is 10.1. The van der Waals surface area contributed by atoms with Crippen LogP contribution in [-0.4, -0.2) is 37.0 Å². The quantitative estimate of drug-likeness (QED) is 0.743. The summed E-state index contributed by atoms with van der Waals surface area (Å²) in [6.45, 7) is 0. The summed E-state index contributed by atoms with van der Waals surface area (Å²) in [6, 6.07) is 12.7. The van der Waals surface area contributed by atoms with E-state index in [1.807, 2.05) is 6.07 Å². The Morgan fingerprint density at radius 1 is 1.03 bits per heavy atom. The Kier molecular flexibility index (Phi) is 5.70. The molecule has 4 rings (SSSR count). The summed E-state index contributed by atoms with van der Waals surface area (Å²) in [5.41, 5.74) is 0.850. The SMILES string of the molecule is COc1ccc(C(=O)NC2CC(=O)N(c3ccccc3)C2=O)cc1OC1CCCC1. The highest BCUT2D eigenvalue weighted by molar-refractivity contribution is 6.23. The average Bonchev–Trinajstić information content (AvgIpc) is 3.36. The van der Waals surface area contributed by atoms with Crippen molar-refractivity contribution in [2.45, 2.75) is 44.2 Å². The zero-order valence-electron chi connectivity index (χ0n) is 16.8. The van der Waals surface area contributed by atoms with E-state index >= 15 is 0 Å². The van der Waals surface area contributed by atoms with E-state index in [1.165, 1.54) is 0 Å². The van der Waals surface area contributed by atoms with Crippen molar-refractivity contribution in [2.75, 3.05) is 12.0 Å². The lowest BCUT2D eigenvalue weighted by Gasteiger charge is -2.18. The van der Waals surface area contributed by atoms with Crippen molar-refractivity contribution in [3.05, 3.63) is 54.1 Å². The number of para-hydroxylation sites is 1. The normalized spacial score (nSPS) is 19.2. The van der Waals surface area contributed by atoms with Crippen LogP contribution in [0.5, 0.6) is 11.5 Å². The first kappa shape index (κ1) is 19.9. The molecule has 2 aliphatic rings. The van der Waals surface area contributed by atoms with E-state index in [0.717, 1.165) is 30.6 Å². The predicted molar refractivity (Wildman–Crippen MR) is 111 cm³/mol. The van der Waals surface area contributed by atoms with E-state index in [4.69, 9.17) is 9.47 Å². The topological polar surface area (TPSA) is 84.9 Å². The van der Waals surface area contributed by atoms with Gasteiger partial charge >= 0.3 is 0 Å². The molecule has 1 heterocycles. The molecule has 2 aromatic rings. The molecule has 2 aromatic carbocycles. The zero-order valence-corrected chi connectivity index (χ0v) is 16.8. The van der Waals surface area contributed by atoms with Crippen LogP contribution in [0.4, 0.5) is 5.69 Å². The number of methoxy groups -OCH3 is 1. The molecule has 1 saturated carbocycles. The third-order valence-electron chi connectivity index (χ3n) is 5.49. The van der Waals surface area contributed by atoms with Crippen LogP contribution in [0.25, 0.3) is 0 Å². The highest BCUT2D eigenvalue weighted by atomic mass is 16.5. The van der Waals surface area contributed by atoms with Crippen LogP contribution >= 0.6 is 0 Å². The van der Waals surface area contributed by atoms with Gasteiger partial charge in [0.05, 0.1) is 25.3 Å². The maximum atomic E-state index is 12.8. The zero-order chi connectivity index (χ0) is 21.1. The summed E-state index contributed by atoms with van der Waals surface area (Å²) in [4.78, 5) is 39.0. The molecule has 1 N–H and O–H groups in total. The molecule has 156 valence electrons. The first-order valence-electron chi connectivity index (χ1n) is 10.1. The van der Waals surface area contributed by atoms with Gasteiger partial charge < -0.3 is 14.8 Å². The van der Waals surface area contributed by atoms with Gasteiger partial charge in [-0.2, -0.15) is 0 Å². The smallest absolute Gasteiger partial charge is 0.256 e. The summed E-state index contributed by atoms with van der Waals surface area (Å²) >= 11 is 0. The van der Waals surface area contributed by atoms with E-state index in [1.54, 1.807) is 49.6 Å². The van der Waals surface area contributed by atoms with Crippen molar-refractivity contribution in [1.29, 1.82) is 0 Å². The number of nitrogens with zero attached hydrogens (tertiary/aromatic N) is 1. The minimum Gasteiger partial charge on any atom is -0.493 e. The Morgan fingerprint density at radius 2 is 1.77 bits per heavy atom. The number of hydrogen-bond acceptors (Lipinski definition) is 5. The van der Waals surface area contributed by atoms with Gasteiger partial charge in [-0.1, -0.05) is 18.2 Å².